The van der Waals surface area contributed by atoms with Gasteiger partial charge in [0.2, 0.25) is 5.88 Å². The third kappa shape index (κ3) is 3.22. The van der Waals surface area contributed by atoms with Crippen LogP contribution in [0.4, 0.5) is 18.9 Å². The van der Waals surface area contributed by atoms with Gasteiger partial charge in [-0.05, 0) is 40.5 Å². The summed E-state index contributed by atoms with van der Waals surface area (Å²) in [5.41, 5.74) is 5.71. The van der Waals surface area contributed by atoms with E-state index in [1.165, 1.54) is 12.3 Å². The van der Waals surface area contributed by atoms with E-state index in [0.717, 1.165) is 6.07 Å². The second kappa shape index (κ2) is 5.32. The largest absolute Gasteiger partial charge is 0.438 e. The van der Waals surface area contributed by atoms with Crippen LogP contribution < -0.4 is 10.5 Å². The third-order valence-corrected chi connectivity index (χ3v) is 2.98. The monoisotopic (exact) mass is 346 g/mol. The summed E-state index contributed by atoms with van der Waals surface area (Å²) in [6.45, 7) is 1.71. The fourth-order valence-corrected chi connectivity index (χ4v) is 1.87. The van der Waals surface area contributed by atoms with Crippen molar-refractivity contribution in [2.45, 2.75) is 13.1 Å². The number of anilines is 1. The van der Waals surface area contributed by atoms with Crippen LogP contribution in [0.3, 0.4) is 0 Å². The molecule has 2 rings (SSSR count). The first-order valence-electron chi connectivity index (χ1n) is 5.54. The predicted octanol–water partition coefficient (Wildman–Crippen LogP) is 4.55. The van der Waals surface area contributed by atoms with E-state index < -0.39 is 17.6 Å². The molecule has 3 nitrogen and oxygen atoms in total. The fraction of sp³-hybridized carbons (Fsp3) is 0.154. The molecule has 0 unspecified atom stereocenters. The summed E-state index contributed by atoms with van der Waals surface area (Å²) in [6.07, 6.45) is -3.31. The molecule has 0 saturated heterocycles. The molecule has 1 heterocycles. The normalized spacial score (nSPS) is 11.4. The van der Waals surface area contributed by atoms with Crippen molar-refractivity contribution in [2.75, 3.05) is 5.73 Å². The van der Waals surface area contributed by atoms with E-state index in [-0.39, 0.29) is 10.2 Å². The van der Waals surface area contributed by atoms with Gasteiger partial charge in [-0.25, -0.2) is 4.98 Å². The number of rotatable bonds is 2. The Morgan fingerprint density at radius 3 is 2.60 bits per heavy atom. The number of hydrogen-bond acceptors (Lipinski definition) is 3. The molecule has 0 spiro atoms. The molecule has 0 amide bonds. The van der Waals surface area contributed by atoms with Crippen LogP contribution in [0.1, 0.15) is 11.1 Å². The summed E-state index contributed by atoms with van der Waals surface area (Å²) in [5, 5.41) is 0. The molecule has 106 valence electrons. The summed E-state index contributed by atoms with van der Waals surface area (Å²) in [4.78, 5) is 3.68. The van der Waals surface area contributed by atoms with Gasteiger partial charge in [-0.15, -0.1) is 0 Å². The number of hydrogen-bond donors (Lipinski definition) is 1. The van der Waals surface area contributed by atoms with Crippen molar-refractivity contribution in [3.8, 4) is 11.6 Å². The van der Waals surface area contributed by atoms with Gasteiger partial charge in [0.15, 0.2) is 0 Å². The van der Waals surface area contributed by atoms with Gasteiger partial charge in [0.1, 0.15) is 11.3 Å². The molecule has 0 atom stereocenters. The van der Waals surface area contributed by atoms with Crippen LogP contribution in [-0.4, -0.2) is 4.98 Å². The zero-order chi connectivity index (χ0) is 14.9. The average molecular weight is 347 g/mol. The standard InChI is InChI=1S/C13H10BrF3N2O/c1-7-2-3-9(18)5-11(7)20-12-10(13(15,16)17)4-8(14)6-19-12/h2-6H,18H2,1H3. The maximum absolute atomic E-state index is 12.9. The highest BCUT2D eigenvalue weighted by atomic mass is 79.9. The number of halogens is 4. The predicted molar refractivity (Wildman–Crippen MR) is 72.6 cm³/mol. The molecule has 1 aromatic carbocycles. The Morgan fingerprint density at radius 1 is 1.25 bits per heavy atom. The molecule has 7 heteroatoms. The summed E-state index contributed by atoms with van der Waals surface area (Å²) < 4.78 is 44.3. The Morgan fingerprint density at radius 2 is 1.95 bits per heavy atom. The van der Waals surface area contributed by atoms with E-state index >= 15 is 0 Å². The molecule has 2 N–H and O–H groups in total. The molecular weight excluding hydrogens is 337 g/mol. The lowest BCUT2D eigenvalue weighted by molar-refractivity contribution is -0.138. The number of pyridine rings is 1. The Balaban J connectivity index is 2.46. The minimum Gasteiger partial charge on any atom is -0.438 e. The van der Waals surface area contributed by atoms with Crippen LogP contribution in [0.15, 0.2) is 34.9 Å². The first kappa shape index (κ1) is 14.6. The van der Waals surface area contributed by atoms with Gasteiger partial charge in [-0.1, -0.05) is 6.07 Å². The molecule has 0 radical (unpaired) electrons. The van der Waals surface area contributed by atoms with E-state index in [1.54, 1.807) is 19.1 Å². The van der Waals surface area contributed by atoms with Crippen LogP contribution in [0.2, 0.25) is 0 Å². The smallest absolute Gasteiger partial charge is 0.421 e. The SMILES string of the molecule is Cc1ccc(N)cc1Oc1ncc(Br)cc1C(F)(F)F. The minimum atomic E-state index is -4.56. The van der Waals surface area contributed by atoms with Gasteiger partial charge in [0, 0.05) is 22.4 Å². The molecule has 20 heavy (non-hydrogen) atoms. The number of alkyl halides is 3. The van der Waals surface area contributed by atoms with E-state index in [4.69, 9.17) is 10.5 Å². The average Bonchev–Trinajstić information content (AvgIpc) is 2.34. The van der Waals surface area contributed by atoms with Crippen LogP contribution in [0.5, 0.6) is 11.6 Å². The lowest BCUT2D eigenvalue weighted by atomic mass is 10.2. The van der Waals surface area contributed by atoms with Crippen LogP contribution in [0, 0.1) is 6.92 Å². The van der Waals surface area contributed by atoms with Crippen molar-refractivity contribution < 1.29 is 17.9 Å². The number of aromatic nitrogens is 1. The van der Waals surface area contributed by atoms with Gasteiger partial charge in [-0.3, -0.25) is 0 Å². The Kier molecular flexibility index (Phi) is 3.89. The van der Waals surface area contributed by atoms with Gasteiger partial charge in [0.25, 0.3) is 0 Å². The zero-order valence-electron chi connectivity index (χ0n) is 10.3. The van der Waals surface area contributed by atoms with Crippen molar-refractivity contribution in [3.63, 3.8) is 0 Å². The van der Waals surface area contributed by atoms with Crippen LogP contribution >= 0.6 is 15.9 Å². The quantitative estimate of drug-likeness (QED) is 0.811. The van der Waals surface area contributed by atoms with Crippen molar-refractivity contribution in [2.24, 2.45) is 0 Å². The van der Waals surface area contributed by atoms with Gasteiger partial charge in [-0.2, -0.15) is 13.2 Å². The molecule has 0 fully saturated rings. The number of nitrogen functional groups attached to an aromatic ring is 1. The number of aryl methyl sites for hydroxylation is 1. The molecular formula is C13H10BrF3N2O. The molecule has 0 bridgehead atoms. The number of benzene rings is 1. The third-order valence-electron chi connectivity index (χ3n) is 2.54. The van der Waals surface area contributed by atoms with Crippen LogP contribution in [-0.2, 0) is 6.18 Å². The molecule has 0 aliphatic rings. The Hall–Kier alpha value is -1.76. The highest BCUT2D eigenvalue weighted by Gasteiger charge is 2.36. The molecule has 2 aromatic rings. The van der Waals surface area contributed by atoms with Crippen LogP contribution in [0.25, 0.3) is 0 Å². The van der Waals surface area contributed by atoms with Gasteiger partial charge in [0.05, 0.1) is 0 Å². The molecule has 0 aliphatic carbocycles. The zero-order valence-corrected chi connectivity index (χ0v) is 11.9. The second-order valence-corrected chi connectivity index (χ2v) is 5.05. The fourth-order valence-electron chi connectivity index (χ4n) is 1.54. The summed E-state index contributed by atoms with van der Waals surface area (Å²) in [6, 6.07) is 5.68. The molecule has 1 aromatic heterocycles. The maximum Gasteiger partial charge on any atom is 0.421 e. The number of ether oxygens (including phenoxy) is 1. The minimum absolute atomic E-state index is 0.224. The van der Waals surface area contributed by atoms with Gasteiger partial charge >= 0.3 is 6.18 Å². The highest BCUT2D eigenvalue weighted by molar-refractivity contribution is 9.10. The van der Waals surface area contributed by atoms with E-state index in [0.29, 0.717) is 11.3 Å². The van der Waals surface area contributed by atoms with Crippen molar-refractivity contribution >= 4 is 21.6 Å². The number of nitrogens with two attached hydrogens (primary N) is 1. The lowest BCUT2D eigenvalue weighted by Gasteiger charge is -2.14. The summed E-state index contributed by atoms with van der Waals surface area (Å²) in [7, 11) is 0. The van der Waals surface area contributed by atoms with Gasteiger partial charge < -0.3 is 10.5 Å². The number of nitrogens with zero attached hydrogens (tertiary/aromatic N) is 1. The Bertz CT molecular complexity index is 644. The van der Waals surface area contributed by atoms with E-state index in [9.17, 15) is 13.2 Å². The molecule has 0 aliphatic heterocycles. The highest BCUT2D eigenvalue weighted by Crippen LogP contribution is 2.38. The van der Waals surface area contributed by atoms with Crippen molar-refractivity contribution in [3.05, 3.63) is 46.1 Å². The Labute approximate surface area is 121 Å². The topological polar surface area (TPSA) is 48.1 Å². The second-order valence-electron chi connectivity index (χ2n) is 4.13. The van der Waals surface area contributed by atoms with E-state index in [2.05, 4.69) is 20.9 Å². The maximum atomic E-state index is 12.9. The first-order valence-corrected chi connectivity index (χ1v) is 6.33. The molecule has 0 saturated carbocycles. The lowest BCUT2D eigenvalue weighted by Crippen LogP contribution is -2.08. The summed E-state index contributed by atoms with van der Waals surface area (Å²) >= 11 is 2.96. The van der Waals surface area contributed by atoms with Crippen molar-refractivity contribution in [1.82, 2.24) is 4.98 Å². The van der Waals surface area contributed by atoms with Crippen molar-refractivity contribution in [1.29, 1.82) is 0 Å². The first-order chi connectivity index (χ1) is 9.27. The van der Waals surface area contributed by atoms with E-state index in [1.807, 2.05) is 0 Å². The summed E-state index contributed by atoms with van der Waals surface area (Å²) in [5.74, 6) is -0.264.